The molecule has 37 heavy (non-hydrogen) atoms. The average molecular weight is 527 g/mol. The molecule has 1 heterocycles. The van der Waals surface area contributed by atoms with Crippen LogP contribution in [0.2, 0.25) is 0 Å². The molecule has 0 bridgehead atoms. The molecule has 0 spiro atoms. The smallest absolute Gasteiger partial charge is 0.243 e. The number of nitrogens with two attached hydrogens (primary N) is 1. The lowest BCUT2D eigenvalue weighted by Crippen LogP contribution is -2.47. The van der Waals surface area contributed by atoms with Crippen LogP contribution in [0.3, 0.4) is 0 Å². The van der Waals surface area contributed by atoms with E-state index in [4.69, 9.17) is 19.9 Å². The summed E-state index contributed by atoms with van der Waals surface area (Å²) in [5.41, 5.74) is 8.32. The summed E-state index contributed by atoms with van der Waals surface area (Å²) in [7, 11) is -3.89. The minimum absolute atomic E-state index is 0.0515. The molecule has 3 aromatic carbocycles. The first-order chi connectivity index (χ1) is 17.7. The van der Waals surface area contributed by atoms with Gasteiger partial charge in [0.1, 0.15) is 12.4 Å². The molecular weight excluding hydrogens is 492 g/mol. The summed E-state index contributed by atoms with van der Waals surface area (Å²) >= 11 is 0. The van der Waals surface area contributed by atoms with Crippen LogP contribution < -0.4 is 19.9 Å². The Kier molecular flexibility index (Phi) is 8.71. The van der Waals surface area contributed by atoms with Crippen LogP contribution in [0.1, 0.15) is 25.0 Å². The lowest BCUT2D eigenvalue weighted by molar-refractivity contribution is 0.116. The molecule has 1 aliphatic rings. The molecule has 3 aromatic rings. The maximum atomic E-state index is 13.4. The number of sulfonamides is 1. The number of benzene rings is 3. The Bertz CT molecular complexity index is 1270. The van der Waals surface area contributed by atoms with E-state index in [2.05, 4.69) is 0 Å². The molecule has 1 aliphatic heterocycles. The number of ether oxygens (including phenoxy) is 3. The maximum absolute atomic E-state index is 13.4. The number of aliphatic hydroxyl groups is 1. The van der Waals surface area contributed by atoms with Crippen molar-refractivity contribution < 1.29 is 27.7 Å². The summed E-state index contributed by atoms with van der Waals surface area (Å²) < 4.78 is 44.6. The molecule has 9 heteroatoms. The second kappa shape index (κ2) is 12.0. The van der Waals surface area contributed by atoms with Crippen molar-refractivity contribution in [3.8, 4) is 17.2 Å². The van der Waals surface area contributed by atoms with Crippen LogP contribution in [0.4, 0.5) is 0 Å². The minimum Gasteiger partial charge on any atom is -0.489 e. The van der Waals surface area contributed by atoms with Crippen molar-refractivity contribution in [3.05, 3.63) is 83.9 Å². The third-order valence-corrected chi connectivity index (χ3v) is 7.91. The van der Waals surface area contributed by atoms with Crippen molar-refractivity contribution in [3.63, 3.8) is 0 Å². The summed E-state index contributed by atoms with van der Waals surface area (Å²) in [6.07, 6.45) is -0.670. The Balaban J connectivity index is 1.38. The van der Waals surface area contributed by atoms with Gasteiger partial charge in [-0.05, 0) is 47.7 Å². The van der Waals surface area contributed by atoms with E-state index in [-0.39, 0.29) is 30.7 Å². The first kappa shape index (κ1) is 26.9. The topological polar surface area (TPSA) is 111 Å². The summed E-state index contributed by atoms with van der Waals surface area (Å²) in [4.78, 5) is 0.0873. The van der Waals surface area contributed by atoms with Crippen LogP contribution in [-0.4, -0.2) is 49.9 Å². The van der Waals surface area contributed by atoms with Gasteiger partial charge in [0.15, 0.2) is 11.5 Å². The maximum Gasteiger partial charge on any atom is 0.243 e. The van der Waals surface area contributed by atoms with Gasteiger partial charge in [0.25, 0.3) is 0 Å². The highest BCUT2D eigenvalue weighted by atomic mass is 32.2. The van der Waals surface area contributed by atoms with E-state index in [0.717, 1.165) is 16.9 Å². The van der Waals surface area contributed by atoms with Gasteiger partial charge in [-0.1, -0.05) is 56.3 Å². The molecular formula is C28H34N2O6S. The third kappa shape index (κ3) is 7.01. The van der Waals surface area contributed by atoms with Crippen molar-refractivity contribution in [1.29, 1.82) is 0 Å². The molecule has 0 radical (unpaired) electrons. The molecule has 8 nitrogen and oxygen atoms in total. The molecule has 2 unspecified atom stereocenters. The van der Waals surface area contributed by atoms with E-state index < -0.39 is 22.2 Å². The quantitative estimate of drug-likeness (QED) is 0.371. The number of hydrogen-bond donors (Lipinski definition) is 2. The molecule has 0 saturated heterocycles. The van der Waals surface area contributed by atoms with Crippen molar-refractivity contribution in [2.45, 2.75) is 43.9 Å². The molecule has 0 aliphatic carbocycles. The summed E-state index contributed by atoms with van der Waals surface area (Å²) in [6.45, 7) is 4.51. The van der Waals surface area contributed by atoms with Gasteiger partial charge >= 0.3 is 0 Å². The third-order valence-electron chi connectivity index (χ3n) is 6.08. The fraction of sp³-hybridized carbons (Fsp3) is 0.357. The zero-order chi connectivity index (χ0) is 26.4. The standard InChI is InChI=1S/C28H34N2O6S/c1-20(2)16-30(37(32,33)24-12-13-27-28(15-24)36-19-35-27)17-26(31)25(29)14-21-8-10-23(11-9-21)34-18-22-6-4-3-5-7-22/h3-13,15,20,25-26,31H,14,16-19,29H2,1-2H3. The largest absolute Gasteiger partial charge is 0.489 e. The molecule has 0 fully saturated rings. The second-order valence-corrected chi connectivity index (χ2v) is 11.5. The molecule has 0 amide bonds. The van der Waals surface area contributed by atoms with Gasteiger partial charge in [-0.3, -0.25) is 0 Å². The minimum atomic E-state index is -3.89. The van der Waals surface area contributed by atoms with Crippen LogP contribution >= 0.6 is 0 Å². The fourth-order valence-electron chi connectivity index (χ4n) is 4.08. The normalized spacial score (nSPS) is 14.6. The average Bonchev–Trinajstić information content (AvgIpc) is 3.36. The van der Waals surface area contributed by atoms with Crippen molar-refractivity contribution in [2.24, 2.45) is 11.7 Å². The molecule has 3 N–H and O–H groups in total. The highest BCUT2D eigenvalue weighted by Crippen LogP contribution is 2.34. The Morgan fingerprint density at radius 2 is 1.65 bits per heavy atom. The van der Waals surface area contributed by atoms with Crippen LogP contribution in [0.15, 0.2) is 77.7 Å². The van der Waals surface area contributed by atoms with Crippen molar-refractivity contribution in [1.82, 2.24) is 4.31 Å². The van der Waals surface area contributed by atoms with E-state index in [1.807, 2.05) is 68.4 Å². The van der Waals surface area contributed by atoms with Crippen LogP contribution in [0, 0.1) is 5.92 Å². The van der Waals surface area contributed by atoms with E-state index >= 15 is 0 Å². The molecule has 198 valence electrons. The Morgan fingerprint density at radius 1 is 0.946 bits per heavy atom. The lowest BCUT2D eigenvalue weighted by Gasteiger charge is -2.28. The predicted octanol–water partition coefficient (Wildman–Crippen LogP) is 3.57. The Labute approximate surface area is 218 Å². The Morgan fingerprint density at radius 3 is 2.35 bits per heavy atom. The van der Waals surface area contributed by atoms with Crippen LogP contribution in [0.25, 0.3) is 0 Å². The predicted molar refractivity (Wildman–Crippen MR) is 141 cm³/mol. The summed E-state index contributed by atoms with van der Waals surface area (Å²) in [5, 5.41) is 10.9. The number of aliphatic hydroxyl groups excluding tert-OH is 1. The van der Waals surface area contributed by atoms with Gasteiger partial charge in [-0.2, -0.15) is 4.31 Å². The van der Waals surface area contributed by atoms with Gasteiger partial charge in [0, 0.05) is 25.2 Å². The summed E-state index contributed by atoms with van der Waals surface area (Å²) in [6, 6.07) is 21.3. The fourth-order valence-corrected chi connectivity index (χ4v) is 5.72. The van der Waals surface area contributed by atoms with Crippen molar-refractivity contribution in [2.75, 3.05) is 19.9 Å². The molecule has 4 rings (SSSR count). The molecule has 0 saturated carbocycles. The van der Waals surface area contributed by atoms with E-state index in [1.54, 1.807) is 6.07 Å². The second-order valence-electron chi connectivity index (χ2n) is 9.58. The SMILES string of the molecule is CC(C)CN(CC(O)C(N)Cc1ccc(OCc2ccccc2)cc1)S(=O)(=O)c1ccc2c(c1)OCO2. The van der Waals surface area contributed by atoms with Crippen LogP contribution in [0.5, 0.6) is 17.2 Å². The van der Waals surface area contributed by atoms with Gasteiger partial charge in [-0.15, -0.1) is 0 Å². The van der Waals surface area contributed by atoms with Gasteiger partial charge in [-0.25, -0.2) is 8.42 Å². The van der Waals surface area contributed by atoms with E-state index in [9.17, 15) is 13.5 Å². The van der Waals surface area contributed by atoms with Gasteiger partial charge in [0.2, 0.25) is 16.8 Å². The highest BCUT2D eigenvalue weighted by Gasteiger charge is 2.31. The van der Waals surface area contributed by atoms with Gasteiger partial charge < -0.3 is 25.1 Å². The zero-order valence-corrected chi connectivity index (χ0v) is 21.9. The molecule has 2 atom stereocenters. The molecule has 0 aromatic heterocycles. The van der Waals surface area contributed by atoms with Crippen LogP contribution in [-0.2, 0) is 23.1 Å². The lowest BCUT2D eigenvalue weighted by atomic mass is 10.0. The summed E-state index contributed by atoms with van der Waals surface area (Å²) in [5.74, 6) is 1.68. The highest BCUT2D eigenvalue weighted by molar-refractivity contribution is 7.89. The Hall–Kier alpha value is -3.11. The first-order valence-corrected chi connectivity index (χ1v) is 13.8. The van der Waals surface area contributed by atoms with E-state index in [1.165, 1.54) is 16.4 Å². The van der Waals surface area contributed by atoms with Gasteiger partial charge in [0.05, 0.1) is 11.0 Å². The monoisotopic (exact) mass is 526 g/mol. The zero-order valence-electron chi connectivity index (χ0n) is 21.1. The number of nitrogens with zero attached hydrogens (tertiary/aromatic N) is 1. The van der Waals surface area contributed by atoms with E-state index in [0.29, 0.717) is 24.5 Å². The van der Waals surface area contributed by atoms with Crippen molar-refractivity contribution >= 4 is 10.0 Å². The number of rotatable bonds is 12. The number of hydrogen-bond acceptors (Lipinski definition) is 7. The first-order valence-electron chi connectivity index (χ1n) is 12.3. The number of fused-ring (bicyclic) bond motifs is 1.